The Morgan fingerprint density at radius 3 is 2.55 bits per heavy atom. The number of benzene rings is 1. The highest BCUT2D eigenvalue weighted by Gasteiger charge is 2.36. The molecule has 160 valence electrons. The van der Waals surface area contributed by atoms with Gasteiger partial charge in [0.15, 0.2) is 0 Å². The Hall–Kier alpha value is -2.48. The number of primary amides is 1. The summed E-state index contributed by atoms with van der Waals surface area (Å²) in [6, 6.07) is 14.3. The molecule has 1 aliphatic heterocycles. The average molecular weight is 452 g/mol. The third kappa shape index (κ3) is 4.31. The second-order valence-electron chi connectivity index (χ2n) is 8.25. The van der Waals surface area contributed by atoms with E-state index in [9.17, 15) is 9.59 Å². The lowest BCUT2D eigenvalue weighted by molar-refractivity contribution is -0.134. The number of fused-ring (bicyclic) bond motifs is 1. The van der Waals surface area contributed by atoms with Gasteiger partial charge < -0.3 is 10.6 Å². The maximum absolute atomic E-state index is 13.5. The summed E-state index contributed by atoms with van der Waals surface area (Å²) in [7, 11) is 0. The summed E-state index contributed by atoms with van der Waals surface area (Å²) < 4.78 is 0. The number of amides is 2. The minimum atomic E-state index is -0.418. The van der Waals surface area contributed by atoms with Gasteiger partial charge in [0.05, 0.1) is 12.6 Å². The van der Waals surface area contributed by atoms with E-state index < -0.39 is 5.91 Å². The van der Waals surface area contributed by atoms with Crippen LogP contribution in [-0.2, 0) is 17.8 Å². The van der Waals surface area contributed by atoms with Gasteiger partial charge in [0.1, 0.15) is 0 Å². The molecule has 0 spiro atoms. The van der Waals surface area contributed by atoms with Gasteiger partial charge in [-0.1, -0.05) is 18.2 Å². The van der Waals surface area contributed by atoms with Crippen molar-refractivity contribution in [2.75, 3.05) is 13.1 Å². The summed E-state index contributed by atoms with van der Waals surface area (Å²) in [6.45, 7) is 1.89. The van der Waals surface area contributed by atoms with Gasteiger partial charge in [0, 0.05) is 34.4 Å². The van der Waals surface area contributed by atoms with Crippen molar-refractivity contribution in [2.45, 2.75) is 37.9 Å². The van der Waals surface area contributed by atoms with E-state index >= 15 is 0 Å². The largest absolute Gasteiger partial charge is 0.366 e. The van der Waals surface area contributed by atoms with Gasteiger partial charge in [-0.3, -0.25) is 14.5 Å². The summed E-state index contributed by atoms with van der Waals surface area (Å²) in [5, 5.41) is 4.23. The monoisotopic (exact) mass is 451 g/mol. The minimum Gasteiger partial charge on any atom is -0.366 e. The number of hydrogen-bond donors (Lipinski definition) is 1. The highest BCUT2D eigenvalue weighted by molar-refractivity contribution is 7.10. The standard InChI is InChI=1S/C24H25N3O2S2/c25-24(29)17-5-3-16(4-6-17)14-26(18-7-8-18)15-22(28)27-11-9-20-19(10-13-31-20)23(27)21-2-1-12-30-21/h1-6,10,12-13,18,23H,7-9,11,14-15H2,(H2,25,29)/t23-/m1/s1. The molecule has 1 fully saturated rings. The van der Waals surface area contributed by atoms with Crippen molar-refractivity contribution in [1.29, 1.82) is 0 Å². The lowest BCUT2D eigenvalue weighted by Gasteiger charge is -2.37. The summed E-state index contributed by atoms with van der Waals surface area (Å²) in [5.74, 6) is -0.228. The second kappa shape index (κ2) is 8.57. The number of rotatable bonds is 7. The molecule has 0 saturated heterocycles. The first kappa shape index (κ1) is 20.4. The number of hydrogen-bond acceptors (Lipinski definition) is 5. The molecule has 31 heavy (non-hydrogen) atoms. The first-order valence-corrected chi connectivity index (χ1v) is 12.4. The predicted molar refractivity (Wildman–Crippen MR) is 124 cm³/mol. The van der Waals surface area contributed by atoms with Crippen LogP contribution in [0, 0.1) is 0 Å². The van der Waals surface area contributed by atoms with E-state index in [2.05, 4.69) is 38.8 Å². The molecule has 5 rings (SSSR count). The maximum atomic E-state index is 13.5. The lowest BCUT2D eigenvalue weighted by atomic mass is 9.98. The molecule has 2 amide bonds. The Labute approximate surface area is 190 Å². The van der Waals surface area contributed by atoms with Crippen LogP contribution in [0.3, 0.4) is 0 Å². The Balaban J connectivity index is 1.34. The SMILES string of the molecule is NC(=O)c1ccc(CN(CC(=O)N2CCc3sccc3[C@@H]2c2cccs2)C2CC2)cc1. The minimum absolute atomic E-state index is 0.0263. The van der Waals surface area contributed by atoms with E-state index in [1.54, 1.807) is 34.8 Å². The van der Waals surface area contributed by atoms with Crippen molar-refractivity contribution in [3.05, 3.63) is 79.7 Å². The molecule has 3 aromatic rings. The normalized spacial score (nSPS) is 18.2. The molecule has 5 nitrogen and oxygen atoms in total. The molecule has 1 atom stereocenters. The van der Waals surface area contributed by atoms with Crippen LogP contribution in [0.25, 0.3) is 0 Å². The zero-order valence-corrected chi connectivity index (χ0v) is 18.8. The van der Waals surface area contributed by atoms with Gasteiger partial charge in [0.25, 0.3) is 0 Å². The summed E-state index contributed by atoms with van der Waals surface area (Å²) in [5.41, 5.74) is 8.24. The number of carbonyl (C=O) groups excluding carboxylic acids is 2. The topological polar surface area (TPSA) is 66.6 Å². The fraction of sp³-hybridized carbons (Fsp3) is 0.333. The maximum Gasteiger partial charge on any atom is 0.248 e. The summed E-state index contributed by atoms with van der Waals surface area (Å²) in [4.78, 5) is 31.9. The molecule has 3 heterocycles. The van der Waals surface area contributed by atoms with Crippen molar-refractivity contribution >= 4 is 34.5 Å². The van der Waals surface area contributed by atoms with Gasteiger partial charge >= 0.3 is 0 Å². The van der Waals surface area contributed by atoms with E-state index in [4.69, 9.17) is 5.73 Å². The molecule has 2 aromatic heterocycles. The van der Waals surface area contributed by atoms with Crippen molar-refractivity contribution < 1.29 is 9.59 Å². The van der Waals surface area contributed by atoms with Crippen LogP contribution >= 0.6 is 22.7 Å². The molecule has 1 saturated carbocycles. The van der Waals surface area contributed by atoms with E-state index in [0.717, 1.165) is 31.4 Å². The predicted octanol–water partition coefficient (Wildman–Crippen LogP) is 4.05. The summed E-state index contributed by atoms with van der Waals surface area (Å²) in [6.07, 6.45) is 3.20. The van der Waals surface area contributed by atoms with Gasteiger partial charge in [0.2, 0.25) is 11.8 Å². The van der Waals surface area contributed by atoms with E-state index in [0.29, 0.717) is 24.7 Å². The van der Waals surface area contributed by atoms with Crippen molar-refractivity contribution in [3.63, 3.8) is 0 Å². The van der Waals surface area contributed by atoms with E-state index in [1.165, 1.54) is 15.3 Å². The molecule has 2 aliphatic rings. The molecule has 7 heteroatoms. The zero-order valence-electron chi connectivity index (χ0n) is 17.2. The number of nitrogens with zero attached hydrogens (tertiary/aromatic N) is 2. The first-order chi connectivity index (χ1) is 15.1. The molecule has 0 bridgehead atoms. The van der Waals surface area contributed by atoms with Crippen LogP contribution in [-0.4, -0.2) is 40.7 Å². The quantitative estimate of drug-likeness (QED) is 0.589. The first-order valence-electron chi connectivity index (χ1n) is 10.6. The molecular weight excluding hydrogens is 426 g/mol. The molecule has 0 unspecified atom stereocenters. The Morgan fingerprint density at radius 2 is 1.87 bits per heavy atom. The Bertz CT molecular complexity index is 1070. The highest BCUT2D eigenvalue weighted by Crippen LogP contribution is 2.40. The van der Waals surface area contributed by atoms with Crippen LogP contribution < -0.4 is 5.73 Å². The number of carbonyl (C=O) groups is 2. The fourth-order valence-electron chi connectivity index (χ4n) is 4.37. The average Bonchev–Trinajstić information content (AvgIpc) is 3.26. The Morgan fingerprint density at radius 1 is 1.06 bits per heavy atom. The molecule has 1 aliphatic carbocycles. The fourth-order valence-corrected chi connectivity index (χ4v) is 6.12. The van der Waals surface area contributed by atoms with Crippen LogP contribution in [0.4, 0.5) is 0 Å². The van der Waals surface area contributed by atoms with Gasteiger partial charge in [-0.2, -0.15) is 0 Å². The van der Waals surface area contributed by atoms with Crippen LogP contribution in [0.15, 0.2) is 53.2 Å². The van der Waals surface area contributed by atoms with Gasteiger partial charge in [-0.25, -0.2) is 0 Å². The Kier molecular flexibility index (Phi) is 5.65. The lowest BCUT2D eigenvalue weighted by Crippen LogP contribution is -2.45. The van der Waals surface area contributed by atoms with Gasteiger partial charge in [-0.05, 0) is 65.4 Å². The highest BCUT2D eigenvalue weighted by atomic mass is 32.1. The van der Waals surface area contributed by atoms with E-state index in [1.807, 2.05) is 12.1 Å². The van der Waals surface area contributed by atoms with Crippen molar-refractivity contribution in [2.24, 2.45) is 5.73 Å². The number of thiophene rings is 2. The van der Waals surface area contributed by atoms with Crippen molar-refractivity contribution in [3.8, 4) is 0 Å². The third-order valence-corrected chi connectivity index (χ3v) is 8.05. The molecular formula is C24H25N3O2S2. The van der Waals surface area contributed by atoms with Gasteiger partial charge in [-0.15, -0.1) is 22.7 Å². The van der Waals surface area contributed by atoms with Crippen molar-refractivity contribution in [1.82, 2.24) is 9.80 Å². The van der Waals surface area contributed by atoms with Crippen LogP contribution in [0.1, 0.15) is 50.1 Å². The molecule has 2 N–H and O–H groups in total. The summed E-state index contributed by atoms with van der Waals surface area (Å²) >= 11 is 3.52. The third-order valence-electron chi connectivity index (χ3n) is 6.12. The number of nitrogens with two attached hydrogens (primary N) is 1. The van der Waals surface area contributed by atoms with Crippen LogP contribution in [0.2, 0.25) is 0 Å². The smallest absolute Gasteiger partial charge is 0.248 e. The molecule has 1 aromatic carbocycles. The molecule has 0 radical (unpaired) electrons. The van der Waals surface area contributed by atoms with E-state index in [-0.39, 0.29) is 11.9 Å². The zero-order chi connectivity index (χ0) is 21.4. The van der Waals surface area contributed by atoms with Crippen LogP contribution in [0.5, 0.6) is 0 Å². The second-order valence-corrected chi connectivity index (χ2v) is 10.2.